The molecule has 190 valence electrons. The molecule has 0 heterocycles. The van der Waals surface area contributed by atoms with Gasteiger partial charge in [0, 0.05) is 17.3 Å². The maximum atomic E-state index is 14.2. The SMILES string of the molecule is CC1(C)[C@@H](O)CC[C@]2(C)[C@H]3C(=O)C=C4[C@@H]5C[C@@](C)(C(=O)[O-])CC[C@]5(C)CC[C@@]4(C)[C@]3(C)CC[C@@H]12.[Al+3]. The van der Waals surface area contributed by atoms with Gasteiger partial charge in [-0.2, -0.15) is 0 Å². The van der Waals surface area contributed by atoms with Crippen LogP contribution < -0.4 is 5.11 Å². The van der Waals surface area contributed by atoms with Gasteiger partial charge in [-0.25, -0.2) is 0 Å². The van der Waals surface area contributed by atoms with Crippen LogP contribution in [0.2, 0.25) is 0 Å². The standard InChI is InChI=1S/C30H46O4.Al/c1-25(2)21-8-11-30(7)23(28(21,5)10-9-22(25)32)20(31)16-18-19-17-27(4,24(33)34)13-12-26(19,3)14-15-29(18,30)6;/h16,19,21-23,32H,8-15,17H2,1-7H3,(H,33,34);/q;+3/p-1/t19-,21-,22-,23+,26+,27-,28-,29+,30+;/m0./s1. The molecule has 1 N–H and O–H groups in total. The van der Waals surface area contributed by atoms with Gasteiger partial charge in [-0.15, -0.1) is 0 Å². The first-order valence-electron chi connectivity index (χ1n) is 13.7. The summed E-state index contributed by atoms with van der Waals surface area (Å²) in [5.41, 5.74) is -0.0781. The van der Waals surface area contributed by atoms with Crippen LogP contribution in [0.15, 0.2) is 11.6 Å². The predicted octanol–water partition coefficient (Wildman–Crippen LogP) is 4.70. The second-order valence-corrected chi connectivity index (χ2v) is 14.9. The molecule has 0 aromatic heterocycles. The summed E-state index contributed by atoms with van der Waals surface area (Å²) < 4.78 is 0. The van der Waals surface area contributed by atoms with Crippen molar-refractivity contribution in [2.75, 3.05) is 0 Å². The molecule has 5 heteroatoms. The molecule has 4 fully saturated rings. The number of aliphatic carboxylic acids is 1. The van der Waals surface area contributed by atoms with E-state index in [1.165, 1.54) is 5.57 Å². The summed E-state index contributed by atoms with van der Waals surface area (Å²) in [4.78, 5) is 26.3. The van der Waals surface area contributed by atoms with Gasteiger partial charge in [-0.3, -0.25) is 4.79 Å². The molecule has 9 atom stereocenters. The zero-order chi connectivity index (χ0) is 25.1. The minimum Gasteiger partial charge on any atom is -0.550 e. The molecule has 0 aromatic carbocycles. The number of allylic oxidation sites excluding steroid dienone is 2. The summed E-state index contributed by atoms with van der Waals surface area (Å²) >= 11 is 0. The maximum absolute atomic E-state index is 14.2. The Kier molecular flexibility index (Phi) is 6.22. The van der Waals surface area contributed by atoms with Crippen LogP contribution in [-0.2, 0) is 9.59 Å². The third-order valence-electron chi connectivity index (χ3n) is 13.0. The molecule has 0 aromatic rings. The van der Waals surface area contributed by atoms with Crippen molar-refractivity contribution in [3.8, 4) is 0 Å². The van der Waals surface area contributed by atoms with E-state index in [0.717, 1.165) is 44.9 Å². The van der Waals surface area contributed by atoms with Crippen molar-refractivity contribution in [3.63, 3.8) is 0 Å². The number of carboxylic acid groups (broad SMARTS) is 1. The quantitative estimate of drug-likeness (QED) is 0.534. The van der Waals surface area contributed by atoms with E-state index in [4.69, 9.17) is 0 Å². The zero-order valence-electron chi connectivity index (χ0n) is 23.0. The Bertz CT molecular complexity index is 971. The van der Waals surface area contributed by atoms with Gasteiger partial charge < -0.3 is 15.0 Å². The smallest absolute Gasteiger partial charge is 0.550 e. The molecule has 0 amide bonds. The van der Waals surface area contributed by atoms with Crippen LogP contribution in [0, 0.1) is 50.2 Å². The monoisotopic (exact) mass is 496 g/mol. The molecular weight excluding hydrogens is 451 g/mol. The summed E-state index contributed by atoms with van der Waals surface area (Å²) in [6.45, 7) is 15.7. The topological polar surface area (TPSA) is 77.4 Å². The number of rotatable bonds is 1. The number of carbonyl (C=O) groups excluding carboxylic acids is 2. The van der Waals surface area contributed by atoms with Crippen LogP contribution in [0.25, 0.3) is 0 Å². The largest absolute Gasteiger partial charge is 3.00 e. The summed E-state index contributed by atoms with van der Waals surface area (Å²) in [7, 11) is 0. The fraction of sp³-hybridized carbons (Fsp3) is 0.867. The maximum Gasteiger partial charge on any atom is 3.00 e. The molecule has 5 aliphatic rings. The Morgan fingerprint density at radius 3 is 2.20 bits per heavy atom. The first-order valence-corrected chi connectivity index (χ1v) is 13.7. The van der Waals surface area contributed by atoms with E-state index >= 15 is 0 Å². The molecule has 0 aliphatic heterocycles. The van der Waals surface area contributed by atoms with E-state index < -0.39 is 11.4 Å². The van der Waals surface area contributed by atoms with Crippen molar-refractivity contribution in [2.45, 2.75) is 112 Å². The van der Waals surface area contributed by atoms with E-state index in [0.29, 0.717) is 18.8 Å². The number of aliphatic hydroxyl groups excluding tert-OH is 1. The molecular formula is C30H45AlO4+2. The fourth-order valence-electron chi connectivity index (χ4n) is 10.4. The number of fused-ring (bicyclic) bond motifs is 7. The Balaban J connectivity index is 0.00000289. The average molecular weight is 497 g/mol. The van der Waals surface area contributed by atoms with Gasteiger partial charge in [0.25, 0.3) is 0 Å². The molecule has 5 rings (SSSR count). The number of hydrogen-bond donors (Lipinski definition) is 1. The summed E-state index contributed by atoms with van der Waals surface area (Å²) in [5, 5.41) is 23.0. The van der Waals surface area contributed by atoms with Gasteiger partial charge in [0.2, 0.25) is 0 Å². The number of ketones is 1. The van der Waals surface area contributed by atoms with Crippen molar-refractivity contribution in [1.29, 1.82) is 0 Å². The second-order valence-electron chi connectivity index (χ2n) is 14.9. The third kappa shape index (κ3) is 3.33. The summed E-state index contributed by atoms with van der Waals surface area (Å²) in [6, 6.07) is 0. The minimum absolute atomic E-state index is 0. The molecule has 0 radical (unpaired) electrons. The van der Waals surface area contributed by atoms with Gasteiger partial charge >= 0.3 is 17.4 Å². The van der Waals surface area contributed by atoms with Gasteiger partial charge in [0.1, 0.15) is 0 Å². The average Bonchev–Trinajstić information content (AvgIpc) is 2.73. The molecule has 0 unspecified atom stereocenters. The van der Waals surface area contributed by atoms with Crippen molar-refractivity contribution >= 4 is 29.1 Å². The van der Waals surface area contributed by atoms with E-state index in [1.54, 1.807) is 0 Å². The van der Waals surface area contributed by atoms with Crippen molar-refractivity contribution in [3.05, 3.63) is 11.6 Å². The number of carboxylic acids is 1. The van der Waals surface area contributed by atoms with Crippen LogP contribution in [0.1, 0.15) is 106 Å². The minimum atomic E-state index is -0.940. The second kappa shape index (κ2) is 7.94. The van der Waals surface area contributed by atoms with E-state index in [-0.39, 0.29) is 68.2 Å². The molecule has 4 saturated carbocycles. The van der Waals surface area contributed by atoms with Crippen molar-refractivity contribution in [1.82, 2.24) is 0 Å². The number of carbonyl (C=O) groups is 2. The Hall–Kier alpha value is -0.628. The first-order chi connectivity index (χ1) is 15.6. The van der Waals surface area contributed by atoms with E-state index in [2.05, 4.69) is 41.5 Å². The molecule has 0 saturated heterocycles. The Labute approximate surface area is 222 Å². The van der Waals surface area contributed by atoms with Gasteiger partial charge in [-0.1, -0.05) is 54.0 Å². The molecule has 4 nitrogen and oxygen atoms in total. The van der Waals surface area contributed by atoms with Crippen LogP contribution in [0.4, 0.5) is 0 Å². The fourth-order valence-corrected chi connectivity index (χ4v) is 10.4. The normalized spacial score (nSPS) is 52.6. The van der Waals surface area contributed by atoms with Gasteiger partial charge in [0.05, 0.1) is 6.10 Å². The van der Waals surface area contributed by atoms with Crippen LogP contribution in [-0.4, -0.2) is 40.3 Å². The van der Waals surface area contributed by atoms with Crippen molar-refractivity contribution < 1.29 is 19.8 Å². The summed E-state index contributed by atoms with van der Waals surface area (Å²) in [5.74, 6) is -0.266. The van der Waals surface area contributed by atoms with Crippen molar-refractivity contribution in [2.24, 2.45) is 50.2 Å². The van der Waals surface area contributed by atoms with E-state index in [9.17, 15) is 19.8 Å². The van der Waals surface area contributed by atoms with Gasteiger partial charge in [-0.05, 0) is 103 Å². The number of aliphatic hydroxyl groups is 1. The summed E-state index contributed by atoms with van der Waals surface area (Å²) in [6.07, 6.45) is 9.69. The molecule has 5 aliphatic carbocycles. The Morgan fingerprint density at radius 1 is 0.943 bits per heavy atom. The van der Waals surface area contributed by atoms with Crippen LogP contribution in [0.3, 0.4) is 0 Å². The molecule has 0 spiro atoms. The number of hydrogen-bond acceptors (Lipinski definition) is 4. The van der Waals surface area contributed by atoms with Crippen LogP contribution in [0.5, 0.6) is 0 Å². The molecule has 35 heavy (non-hydrogen) atoms. The van der Waals surface area contributed by atoms with Crippen LogP contribution >= 0.6 is 0 Å². The zero-order valence-corrected chi connectivity index (χ0v) is 24.2. The molecule has 0 bridgehead atoms. The van der Waals surface area contributed by atoms with Gasteiger partial charge in [0.15, 0.2) is 5.78 Å². The third-order valence-corrected chi connectivity index (χ3v) is 13.0. The Morgan fingerprint density at radius 2 is 1.57 bits per heavy atom. The van der Waals surface area contributed by atoms with E-state index in [1.807, 2.05) is 13.0 Å². The first kappa shape index (κ1) is 27.4. The predicted molar refractivity (Wildman–Crippen MR) is 136 cm³/mol.